The van der Waals surface area contributed by atoms with E-state index in [0.717, 1.165) is 5.56 Å². The van der Waals surface area contributed by atoms with Crippen molar-refractivity contribution < 1.29 is 56.0 Å². The molecule has 0 spiro atoms. The van der Waals surface area contributed by atoms with Gasteiger partial charge in [-0.1, -0.05) is 30.8 Å². The van der Waals surface area contributed by atoms with Crippen molar-refractivity contribution in [1.29, 1.82) is 0 Å². The summed E-state index contributed by atoms with van der Waals surface area (Å²) in [4.78, 5) is 41.7. The van der Waals surface area contributed by atoms with Gasteiger partial charge in [-0.25, -0.2) is 0 Å². The lowest BCUT2D eigenvalue weighted by molar-refractivity contribution is -0.143. The van der Waals surface area contributed by atoms with Crippen LogP contribution in [0.15, 0.2) is 49.0 Å². The highest BCUT2D eigenvalue weighted by atomic mass is 19.4. The topological polar surface area (TPSA) is 125 Å². The number of carboxylic acids is 3. The average Bonchev–Trinajstić information content (AvgIpc) is 2.99. The Hall–Kier alpha value is -3.99. The van der Waals surface area contributed by atoms with E-state index in [2.05, 4.69) is 11.5 Å². The van der Waals surface area contributed by atoms with Crippen molar-refractivity contribution in [3.8, 4) is 0 Å². The minimum absolute atomic E-state index is 0.0220. The van der Waals surface area contributed by atoms with Crippen LogP contribution in [-0.2, 0) is 33.3 Å². The fourth-order valence-corrected chi connectivity index (χ4v) is 5.62. The molecule has 0 unspecified atom stereocenters. The van der Waals surface area contributed by atoms with Crippen LogP contribution in [0.3, 0.4) is 0 Å². The van der Waals surface area contributed by atoms with Gasteiger partial charge in [-0.15, -0.1) is 0 Å². The van der Waals surface area contributed by atoms with Gasteiger partial charge in [0.2, 0.25) is 0 Å². The van der Waals surface area contributed by atoms with Gasteiger partial charge < -0.3 is 15.3 Å². The zero-order chi connectivity index (χ0) is 36.4. The van der Waals surface area contributed by atoms with Crippen molar-refractivity contribution in [2.45, 2.75) is 31.7 Å². The number of nitrogens with zero attached hydrogens (tertiary/aromatic N) is 4. The smallest absolute Gasteiger partial charge is 0.416 e. The summed E-state index contributed by atoms with van der Waals surface area (Å²) in [6, 6.07) is 7.82. The summed E-state index contributed by atoms with van der Waals surface area (Å²) in [5.41, 5.74) is -2.12. The highest BCUT2D eigenvalue weighted by Gasteiger charge is 2.37. The zero-order valence-electron chi connectivity index (χ0n) is 26.8. The number of benzene rings is 2. The molecule has 0 bridgehead atoms. The minimum Gasteiger partial charge on any atom is -0.480 e. The Morgan fingerprint density at radius 2 is 0.939 bits per heavy atom. The summed E-state index contributed by atoms with van der Waals surface area (Å²) in [7, 11) is 0. The van der Waals surface area contributed by atoms with Crippen LogP contribution in [-0.4, -0.2) is 125 Å². The normalized spacial score (nSPS) is 17.3. The highest BCUT2D eigenvalue weighted by Crippen LogP contribution is 2.38. The van der Waals surface area contributed by atoms with Crippen molar-refractivity contribution >= 4 is 23.5 Å². The summed E-state index contributed by atoms with van der Waals surface area (Å²) >= 11 is 0. The van der Waals surface area contributed by atoms with Crippen molar-refractivity contribution in [3.63, 3.8) is 0 Å². The number of rotatable bonds is 10. The van der Waals surface area contributed by atoms with Gasteiger partial charge in [0, 0.05) is 52.4 Å². The standard InChI is InChI=1S/C33H40F6N4O6/c1-23(26-16-27(32(34,35)36)18-28(17-26)33(37,38)39)25-6-4-24(5-7-25)19-40-8-2-9-42(21-30(46)47)14-15-43(22-31(48)49)11-3-10-41(13-12-40)20-29(44)45/h4-7,16-18H,1-3,8-15,19-22H2,(H,44,45)(H,46,47)(H,48,49). The molecule has 2 aromatic rings. The van der Waals surface area contributed by atoms with Crippen LogP contribution in [0.5, 0.6) is 0 Å². The van der Waals surface area contributed by atoms with Gasteiger partial charge in [-0.2, -0.15) is 26.3 Å². The molecule has 3 rings (SSSR count). The van der Waals surface area contributed by atoms with Crippen LogP contribution < -0.4 is 0 Å². The molecule has 10 nitrogen and oxygen atoms in total. The number of aliphatic carboxylic acids is 3. The molecule has 0 atom stereocenters. The number of halogens is 6. The van der Waals surface area contributed by atoms with Crippen LogP contribution in [0.25, 0.3) is 5.57 Å². The molecule has 1 saturated heterocycles. The summed E-state index contributed by atoms with van der Waals surface area (Å²) in [6.45, 7) is 6.56. The fourth-order valence-electron chi connectivity index (χ4n) is 5.62. The average molecular weight is 703 g/mol. The molecule has 16 heteroatoms. The lowest BCUT2D eigenvalue weighted by Gasteiger charge is -2.31. The second-order valence-corrected chi connectivity index (χ2v) is 12.0. The summed E-state index contributed by atoms with van der Waals surface area (Å²) in [5.74, 6) is -3.06. The molecule has 0 radical (unpaired) electrons. The highest BCUT2D eigenvalue weighted by molar-refractivity contribution is 5.79. The van der Waals surface area contributed by atoms with Crippen molar-refractivity contribution in [1.82, 2.24) is 19.6 Å². The molecule has 0 saturated carbocycles. The lowest BCUT2D eigenvalue weighted by atomic mass is 9.94. The largest absolute Gasteiger partial charge is 0.480 e. The van der Waals surface area contributed by atoms with Gasteiger partial charge >= 0.3 is 30.3 Å². The van der Waals surface area contributed by atoms with E-state index in [4.69, 9.17) is 0 Å². The Morgan fingerprint density at radius 1 is 0.571 bits per heavy atom. The third-order valence-electron chi connectivity index (χ3n) is 8.08. The van der Waals surface area contributed by atoms with Crippen molar-refractivity contribution in [2.75, 3.05) is 72.0 Å². The number of carbonyl (C=O) groups is 3. The van der Waals surface area contributed by atoms with Gasteiger partial charge in [0.25, 0.3) is 0 Å². The maximum absolute atomic E-state index is 13.4. The zero-order valence-corrected chi connectivity index (χ0v) is 26.8. The number of hydrogen-bond acceptors (Lipinski definition) is 7. The van der Waals surface area contributed by atoms with E-state index in [-0.39, 0.29) is 36.8 Å². The van der Waals surface area contributed by atoms with Crippen molar-refractivity contribution in [3.05, 3.63) is 76.9 Å². The monoisotopic (exact) mass is 702 g/mol. The third kappa shape index (κ3) is 13.4. The first kappa shape index (κ1) is 39.4. The number of alkyl halides is 6. The molecule has 0 aliphatic carbocycles. The first-order valence-electron chi connectivity index (χ1n) is 15.5. The molecule has 1 aliphatic rings. The van der Waals surface area contributed by atoms with E-state index in [1.807, 2.05) is 0 Å². The summed E-state index contributed by atoms with van der Waals surface area (Å²) in [6.07, 6.45) is -8.96. The number of hydrogen-bond donors (Lipinski definition) is 3. The van der Waals surface area contributed by atoms with E-state index in [1.54, 1.807) is 39.0 Å². The van der Waals surface area contributed by atoms with Crippen LogP contribution in [0, 0.1) is 0 Å². The lowest BCUT2D eigenvalue weighted by Crippen LogP contribution is -2.44. The second-order valence-electron chi connectivity index (χ2n) is 12.0. The molecular weight excluding hydrogens is 662 g/mol. The van der Waals surface area contributed by atoms with Gasteiger partial charge in [-0.3, -0.25) is 34.0 Å². The molecule has 1 aliphatic heterocycles. The second kappa shape index (κ2) is 17.6. The van der Waals surface area contributed by atoms with E-state index in [0.29, 0.717) is 89.4 Å². The van der Waals surface area contributed by atoms with Crippen molar-refractivity contribution in [2.24, 2.45) is 0 Å². The molecule has 49 heavy (non-hydrogen) atoms. The van der Waals surface area contributed by atoms with E-state index < -0.39 is 41.4 Å². The Morgan fingerprint density at radius 3 is 1.31 bits per heavy atom. The summed E-state index contributed by atoms with van der Waals surface area (Å²) < 4.78 is 80.4. The van der Waals surface area contributed by atoms with Gasteiger partial charge in [-0.05, 0) is 59.8 Å². The maximum atomic E-state index is 13.4. The number of carboxylic acid groups (broad SMARTS) is 3. The minimum atomic E-state index is -4.99. The molecule has 2 aromatic carbocycles. The van der Waals surface area contributed by atoms with Gasteiger partial charge in [0.15, 0.2) is 0 Å². The molecule has 270 valence electrons. The first-order valence-corrected chi connectivity index (χ1v) is 15.5. The Bertz CT molecular complexity index is 1420. The van der Waals surface area contributed by atoms with Crippen LogP contribution in [0.1, 0.15) is 40.7 Å². The van der Waals surface area contributed by atoms with E-state index in [1.165, 1.54) is 0 Å². The first-order chi connectivity index (χ1) is 22.9. The Labute approximate surface area is 279 Å². The summed E-state index contributed by atoms with van der Waals surface area (Å²) in [5, 5.41) is 28.2. The fraction of sp³-hybridized carbons (Fsp3) is 0.485. The Kier molecular flexibility index (Phi) is 14.2. The molecule has 1 heterocycles. The predicted molar refractivity (Wildman–Crippen MR) is 168 cm³/mol. The molecule has 0 aromatic heterocycles. The van der Waals surface area contributed by atoms with E-state index >= 15 is 0 Å². The quantitative estimate of drug-likeness (QED) is 0.304. The van der Waals surface area contributed by atoms with Gasteiger partial charge in [0.05, 0.1) is 30.8 Å². The Balaban J connectivity index is 1.79. The molecule has 3 N–H and O–H groups in total. The third-order valence-corrected chi connectivity index (χ3v) is 8.08. The van der Waals surface area contributed by atoms with Gasteiger partial charge in [0.1, 0.15) is 0 Å². The van der Waals surface area contributed by atoms with Crippen LogP contribution in [0.2, 0.25) is 0 Å². The molecule has 1 fully saturated rings. The van der Waals surface area contributed by atoms with Crippen LogP contribution >= 0.6 is 0 Å². The maximum Gasteiger partial charge on any atom is 0.416 e. The van der Waals surface area contributed by atoms with Crippen LogP contribution in [0.4, 0.5) is 26.3 Å². The molecule has 0 amide bonds. The van der Waals surface area contributed by atoms with E-state index in [9.17, 15) is 56.0 Å². The predicted octanol–water partition coefficient (Wildman–Crippen LogP) is 4.54. The SMILES string of the molecule is C=C(c1ccc(CN2CCCN(CC(=O)O)CCN(CC(=O)O)CCCN(CC(=O)O)CC2)cc1)c1cc(C(F)(F)F)cc(C(F)(F)F)c1. The molecular formula is C33H40F6N4O6.